The molecule has 1 heterocycles. The van der Waals surface area contributed by atoms with Crippen molar-refractivity contribution in [2.24, 2.45) is 0 Å². The monoisotopic (exact) mass is 296 g/mol. The van der Waals surface area contributed by atoms with Crippen molar-refractivity contribution in [1.82, 2.24) is 0 Å². The molecule has 0 amide bonds. The molecule has 1 aromatic heterocycles. The van der Waals surface area contributed by atoms with Crippen LogP contribution in [0.2, 0.25) is 0 Å². The minimum absolute atomic E-state index is 0.264. The van der Waals surface area contributed by atoms with E-state index in [1.54, 1.807) is 12.5 Å². The van der Waals surface area contributed by atoms with Crippen molar-refractivity contribution >= 4 is 15.9 Å². The average Bonchev–Trinajstić information content (AvgIpc) is 2.90. The first kappa shape index (κ1) is 12.2. The van der Waals surface area contributed by atoms with Gasteiger partial charge in [0.25, 0.3) is 0 Å². The minimum atomic E-state index is -0.507. The number of hydrogen-bond acceptors (Lipinski definition) is 3. The van der Waals surface area contributed by atoms with Gasteiger partial charge in [-0.2, -0.15) is 0 Å². The number of hydrogen-bond donors (Lipinski definition) is 1. The van der Waals surface area contributed by atoms with Gasteiger partial charge in [-0.05, 0) is 12.1 Å². The van der Waals surface area contributed by atoms with Gasteiger partial charge in [-0.25, -0.2) is 0 Å². The number of aliphatic hydroxyl groups excluding tert-OH is 1. The van der Waals surface area contributed by atoms with E-state index in [0.717, 1.165) is 16.9 Å². The van der Waals surface area contributed by atoms with E-state index in [9.17, 15) is 5.11 Å². The van der Waals surface area contributed by atoms with Crippen LogP contribution in [0, 0.1) is 0 Å². The first-order valence-corrected chi connectivity index (χ1v) is 6.42. The fraction of sp³-hybridized carbons (Fsp3) is 0.231. The summed E-state index contributed by atoms with van der Waals surface area (Å²) in [6.07, 6.45) is 2.79. The van der Waals surface area contributed by atoms with Crippen LogP contribution in [-0.4, -0.2) is 23.1 Å². The number of aliphatic hydroxyl groups is 1. The third-order valence-electron chi connectivity index (χ3n) is 2.33. The van der Waals surface area contributed by atoms with Crippen LogP contribution in [0.4, 0.5) is 0 Å². The molecule has 17 heavy (non-hydrogen) atoms. The molecule has 1 aromatic carbocycles. The summed E-state index contributed by atoms with van der Waals surface area (Å²) in [4.78, 5) is 0. The molecule has 0 fully saturated rings. The molecule has 0 bridgehead atoms. The van der Waals surface area contributed by atoms with Gasteiger partial charge in [0, 0.05) is 16.5 Å². The van der Waals surface area contributed by atoms with E-state index in [0.29, 0.717) is 5.33 Å². The third-order valence-corrected chi connectivity index (χ3v) is 3.08. The number of halogens is 1. The standard InChI is InChI=1S/C13H13BrO3/c14-7-11(15)9-17-13-4-2-1-3-12(13)10-5-6-16-8-10/h1-6,8,11,15H,7,9H2. The Balaban J connectivity index is 2.17. The number of alkyl halides is 1. The lowest BCUT2D eigenvalue weighted by atomic mass is 10.1. The molecule has 4 heteroatoms. The minimum Gasteiger partial charge on any atom is -0.490 e. The summed E-state index contributed by atoms with van der Waals surface area (Å²) in [5, 5.41) is 9.95. The largest absolute Gasteiger partial charge is 0.490 e. The van der Waals surface area contributed by atoms with Crippen LogP contribution in [0.15, 0.2) is 47.3 Å². The third kappa shape index (κ3) is 3.11. The second-order valence-corrected chi connectivity index (χ2v) is 4.27. The van der Waals surface area contributed by atoms with Crippen LogP contribution in [0.1, 0.15) is 0 Å². The highest BCUT2D eigenvalue weighted by Crippen LogP contribution is 2.30. The normalized spacial score (nSPS) is 12.4. The highest BCUT2D eigenvalue weighted by Gasteiger charge is 2.08. The van der Waals surface area contributed by atoms with E-state index in [2.05, 4.69) is 15.9 Å². The summed E-state index contributed by atoms with van der Waals surface area (Å²) in [7, 11) is 0. The SMILES string of the molecule is OC(CBr)COc1ccccc1-c1ccoc1. The van der Waals surface area contributed by atoms with Crippen LogP contribution in [-0.2, 0) is 0 Å². The van der Waals surface area contributed by atoms with E-state index < -0.39 is 6.10 Å². The number of ether oxygens (including phenoxy) is 1. The Kier molecular flexibility index (Phi) is 4.23. The second-order valence-electron chi connectivity index (χ2n) is 3.63. The number of furan rings is 1. The average molecular weight is 297 g/mol. The molecule has 0 saturated carbocycles. The van der Waals surface area contributed by atoms with Gasteiger partial charge in [-0.1, -0.05) is 34.1 Å². The highest BCUT2D eigenvalue weighted by atomic mass is 79.9. The second kappa shape index (κ2) is 5.89. The molecule has 0 spiro atoms. The Labute approximate surface area is 108 Å². The fourth-order valence-corrected chi connectivity index (χ4v) is 1.67. The molecule has 1 N–H and O–H groups in total. The van der Waals surface area contributed by atoms with E-state index in [1.165, 1.54) is 0 Å². The molecule has 0 aliphatic heterocycles. The van der Waals surface area contributed by atoms with Crippen molar-refractivity contribution < 1.29 is 14.3 Å². The first-order chi connectivity index (χ1) is 8.31. The van der Waals surface area contributed by atoms with Gasteiger partial charge in [0.1, 0.15) is 12.4 Å². The lowest BCUT2D eigenvalue weighted by molar-refractivity contribution is 0.127. The Morgan fingerprint density at radius 1 is 1.29 bits per heavy atom. The molecule has 0 saturated heterocycles. The summed E-state index contributed by atoms with van der Waals surface area (Å²) in [6.45, 7) is 0.264. The maximum Gasteiger partial charge on any atom is 0.127 e. The van der Waals surface area contributed by atoms with Gasteiger partial charge < -0.3 is 14.3 Å². The molecule has 0 aliphatic carbocycles. The van der Waals surface area contributed by atoms with Crippen LogP contribution in [0.5, 0.6) is 5.75 Å². The zero-order chi connectivity index (χ0) is 12.1. The molecule has 90 valence electrons. The van der Waals surface area contributed by atoms with Gasteiger partial charge in [0.2, 0.25) is 0 Å². The van der Waals surface area contributed by atoms with Crippen molar-refractivity contribution in [2.45, 2.75) is 6.10 Å². The Hall–Kier alpha value is -1.26. The van der Waals surface area contributed by atoms with E-state index in [4.69, 9.17) is 9.15 Å². The van der Waals surface area contributed by atoms with E-state index in [1.807, 2.05) is 30.3 Å². The molecular formula is C13H13BrO3. The van der Waals surface area contributed by atoms with Crippen LogP contribution in [0.25, 0.3) is 11.1 Å². The van der Waals surface area contributed by atoms with Gasteiger partial charge in [-0.15, -0.1) is 0 Å². The maximum atomic E-state index is 9.45. The predicted molar refractivity (Wildman–Crippen MR) is 69.4 cm³/mol. The quantitative estimate of drug-likeness (QED) is 0.862. The first-order valence-electron chi connectivity index (χ1n) is 5.29. The van der Waals surface area contributed by atoms with Crippen LogP contribution >= 0.6 is 15.9 Å². The zero-order valence-electron chi connectivity index (χ0n) is 9.17. The summed E-state index contributed by atoms with van der Waals surface area (Å²) >= 11 is 3.20. The maximum absolute atomic E-state index is 9.45. The van der Waals surface area contributed by atoms with Crippen molar-refractivity contribution in [3.05, 3.63) is 42.9 Å². The predicted octanol–water partition coefficient (Wildman–Crippen LogP) is 3.08. The molecule has 2 rings (SSSR count). The summed E-state index contributed by atoms with van der Waals surface area (Å²) in [5.41, 5.74) is 1.93. The summed E-state index contributed by atoms with van der Waals surface area (Å²) in [5.74, 6) is 0.744. The molecule has 2 aromatic rings. The van der Waals surface area contributed by atoms with E-state index in [-0.39, 0.29) is 6.61 Å². The molecule has 0 aliphatic rings. The molecule has 0 radical (unpaired) electrons. The summed E-state index contributed by atoms with van der Waals surface area (Å²) in [6, 6.07) is 9.56. The van der Waals surface area contributed by atoms with Crippen molar-refractivity contribution in [2.75, 3.05) is 11.9 Å². The van der Waals surface area contributed by atoms with Crippen LogP contribution < -0.4 is 4.74 Å². The van der Waals surface area contributed by atoms with Gasteiger partial charge in [0.15, 0.2) is 0 Å². The van der Waals surface area contributed by atoms with Gasteiger partial charge >= 0.3 is 0 Å². The smallest absolute Gasteiger partial charge is 0.127 e. The van der Waals surface area contributed by atoms with Crippen molar-refractivity contribution in [3.8, 4) is 16.9 Å². The highest BCUT2D eigenvalue weighted by molar-refractivity contribution is 9.09. The molecule has 1 atom stereocenters. The van der Waals surface area contributed by atoms with Crippen molar-refractivity contribution in [3.63, 3.8) is 0 Å². The number of para-hydroxylation sites is 1. The van der Waals surface area contributed by atoms with Crippen LogP contribution in [0.3, 0.4) is 0 Å². The Bertz CT molecular complexity index is 453. The number of benzene rings is 1. The summed E-state index contributed by atoms with van der Waals surface area (Å²) < 4.78 is 10.7. The lowest BCUT2D eigenvalue weighted by Gasteiger charge is -2.12. The number of rotatable bonds is 5. The topological polar surface area (TPSA) is 42.6 Å². The Morgan fingerprint density at radius 2 is 2.12 bits per heavy atom. The zero-order valence-corrected chi connectivity index (χ0v) is 10.8. The lowest BCUT2D eigenvalue weighted by Crippen LogP contribution is -2.18. The van der Waals surface area contributed by atoms with Gasteiger partial charge in [0.05, 0.1) is 18.6 Å². The molecule has 1 unspecified atom stereocenters. The van der Waals surface area contributed by atoms with Crippen molar-refractivity contribution in [1.29, 1.82) is 0 Å². The van der Waals surface area contributed by atoms with Gasteiger partial charge in [-0.3, -0.25) is 0 Å². The molecule has 3 nitrogen and oxygen atoms in total. The Morgan fingerprint density at radius 3 is 2.82 bits per heavy atom. The fourth-order valence-electron chi connectivity index (χ4n) is 1.48. The van der Waals surface area contributed by atoms with E-state index >= 15 is 0 Å². The molecular weight excluding hydrogens is 284 g/mol.